The van der Waals surface area contributed by atoms with Crippen LogP contribution in [0.15, 0.2) is 16.6 Å². The van der Waals surface area contributed by atoms with Gasteiger partial charge in [-0.25, -0.2) is 0 Å². The number of halogens is 1. The molecule has 0 aliphatic carbocycles. The van der Waals surface area contributed by atoms with E-state index in [0.29, 0.717) is 22.1 Å². The molecule has 5 heteroatoms. The zero-order chi connectivity index (χ0) is 13.0. The molecule has 0 saturated heterocycles. The van der Waals surface area contributed by atoms with Crippen LogP contribution in [0.1, 0.15) is 30.6 Å². The zero-order valence-corrected chi connectivity index (χ0v) is 11.2. The van der Waals surface area contributed by atoms with Crippen LogP contribution in [-0.2, 0) is 0 Å². The number of rotatable bonds is 4. The van der Waals surface area contributed by atoms with Crippen molar-refractivity contribution in [3.63, 3.8) is 0 Å². The Morgan fingerprint density at radius 1 is 1.65 bits per heavy atom. The van der Waals surface area contributed by atoms with E-state index >= 15 is 0 Å². The monoisotopic (exact) mass is 296 g/mol. The van der Waals surface area contributed by atoms with Crippen molar-refractivity contribution in [2.45, 2.75) is 26.4 Å². The Morgan fingerprint density at radius 3 is 2.76 bits per heavy atom. The van der Waals surface area contributed by atoms with E-state index in [1.807, 2.05) is 13.0 Å². The van der Waals surface area contributed by atoms with Gasteiger partial charge in [0.2, 0.25) is 0 Å². The first-order chi connectivity index (χ1) is 7.99. The van der Waals surface area contributed by atoms with Gasteiger partial charge in [0.1, 0.15) is 6.07 Å². The first kappa shape index (κ1) is 13.5. The molecule has 1 rings (SSSR count). The summed E-state index contributed by atoms with van der Waals surface area (Å²) in [7, 11) is 0. The zero-order valence-electron chi connectivity index (χ0n) is 9.66. The highest BCUT2D eigenvalue weighted by Crippen LogP contribution is 2.32. The van der Waals surface area contributed by atoms with E-state index in [9.17, 15) is 4.79 Å². The first-order valence-electron chi connectivity index (χ1n) is 5.15. The van der Waals surface area contributed by atoms with Crippen LogP contribution in [0.3, 0.4) is 0 Å². The maximum atomic E-state index is 11.5. The van der Waals surface area contributed by atoms with Gasteiger partial charge in [0.15, 0.2) is 17.6 Å². The normalized spacial score (nSPS) is 11.6. The van der Waals surface area contributed by atoms with E-state index in [0.717, 1.165) is 0 Å². The number of carbonyl (C=O) groups excluding carboxylic acids is 1. The van der Waals surface area contributed by atoms with Crippen LogP contribution in [0.4, 0.5) is 5.69 Å². The van der Waals surface area contributed by atoms with Gasteiger partial charge < -0.3 is 10.5 Å². The van der Waals surface area contributed by atoms with Crippen molar-refractivity contribution >= 4 is 27.4 Å². The largest absolute Gasteiger partial charge is 0.473 e. The minimum absolute atomic E-state index is 0.152. The number of nitrogen functional groups attached to an aromatic ring is 1. The SMILES string of the molecule is CCC(C#N)Oc1c(N)cc(Br)cc1C(C)=O. The number of ketones is 1. The van der Waals surface area contributed by atoms with Gasteiger partial charge in [-0.15, -0.1) is 0 Å². The first-order valence-corrected chi connectivity index (χ1v) is 5.95. The predicted octanol–water partition coefficient (Wildman–Crippen LogP) is 2.91. The van der Waals surface area contributed by atoms with Gasteiger partial charge >= 0.3 is 0 Å². The molecule has 0 spiro atoms. The third-order valence-electron chi connectivity index (χ3n) is 2.24. The van der Waals surface area contributed by atoms with E-state index in [1.165, 1.54) is 6.92 Å². The van der Waals surface area contributed by atoms with Gasteiger partial charge in [-0.05, 0) is 25.5 Å². The van der Waals surface area contributed by atoms with Gasteiger partial charge in [-0.1, -0.05) is 22.9 Å². The third-order valence-corrected chi connectivity index (χ3v) is 2.69. The number of hydrogen-bond acceptors (Lipinski definition) is 4. The lowest BCUT2D eigenvalue weighted by molar-refractivity contribution is 0.101. The lowest BCUT2D eigenvalue weighted by Gasteiger charge is -2.15. The van der Waals surface area contributed by atoms with Crippen molar-refractivity contribution in [3.8, 4) is 11.8 Å². The summed E-state index contributed by atoms with van der Waals surface area (Å²) in [5.41, 5.74) is 6.53. The molecule has 1 aromatic rings. The topological polar surface area (TPSA) is 76.1 Å². The van der Waals surface area contributed by atoms with E-state index in [4.69, 9.17) is 15.7 Å². The van der Waals surface area contributed by atoms with E-state index in [2.05, 4.69) is 15.9 Å². The van der Waals surface area contributed by atoms with E-state index in [1.54, 1.807) is 12.1 Å². The lowest BCUT2D eigenvalue weighted by Crippen LogP contribution is -2.15. The highest BCUT2D eigenvalue weighted by atomic mass is 79.9. The van der Waals surface area contributed by atoms with Crippen LogP contribution in [0.5, 0.6) is 5.75 Å². The van der Waals surface area contributed by atoms with Gasteiger partial charge in [-0.3, -0.25) is 4.79 Å². The molecule has 0 fully saturated rings. The lowest BCUT2D eigenvalue weighted by atomic mass is 10.1. The molecule has 0 heterocycles. The molecule has 1 unspecified atom stereocenters. The summed E-state index contributed by atoms with van der Waals surface area (Å²) in [6.07, 6.45) is -0.0693. The van der Waals surface area contributed by atoms with Gasteiger partial charge in [0.05, 0.1) is 11.3 Å². The average Bonchev–Trinajstić information content (AvgIpc) is 2.27. The minimum atomic E-state index is -0.600. The number of Topliss-reactive ketones (excluding diaryl/α,β-unsaturated/α-hetero) is 1. The number of nitriles is 1. The molecule has 1 atom stereocenters. The molecular weight excluding hydrogens is 284 g/mol. The summed E-state index contributed by atoms with van der Waals surface area (Å²) in [5.74, 6) is 0.134. The summed E-state index contributed by atoms with van der Waals surface area (Å²) >= 11 is 3.26. The molecule has 0 amide bonds. The number of anilines is 1. The molecule has 0 bridgehead atoms. The molecule has 0 aliphatic heterocycles. The number of nitrogens with zero attached hydrogens (tertiary/aromatic N) is 1. The Bertz CT molecular complexity index is 480. The van der Waals surface area contributed by atoms with E-state index in [-0.39, 0.29) is 11.5 Å². The molecule has 90 valence electrons. The number of ether oxygens (including phenoxy) is 1. The fraction of sp³-hybridized carbons (Fsp3) is 0.333. The highest BCUT2D eigenvalue weighted by molar-refractivity contribution is 9.10. The van der Waals surface area contributed by atoms with E-state index < -0.39 is 6.10 Å². The van der Waals surface area contributed by atoms with Gasteiger partial charge in [0.25, 0.3) is 0 Å². The maximum Gasteiger partial charge on any atom is 0.184 e. The second-order valence-electron chi connectivity index (χ2n) is 3.57. The minimum Gasteiger partial charge on any atom is -0.473 e. The number of nitrogens with two attached hydrogens (primary N) is 1. The van der Waals surface area contributed by atoms with Crippen molar-refractivity contribution in [2.75, 3.05) is 5.73 Å². The Hall–Kier alpha value is -1.54. The standard InChI is InChI=1S/C12H13BrN2O2/c1-3-9(6-14)17-12-10(7(2)16)4-8(13)5-11(12)15/h4-5,9H,3,15H2,1-2H3. The number of hydrogen-bond donors (Lipinski definition) is 1. The van der Waals surface area contributed by atoms with Crippen LogP contribution in [0, 0.1) is 11.3 Å². The second-order valence-corrected chi connectivity index (χ2v) is 4.49. The molecular formula is C12H13BrN2O2. The van der Waals surface area contributed by atoms with Crippen molar-refractivity contribution in [2.24, 2.45) is 0 Å². The quantitative estimate of drug-likeness (QED) is 0.684. The van der Waals surface area contributed by atoms with Crippen molar-refractivity contribution in [3.05, 3.63) is 22.2 Å². The highest BCUT2D eigenvalue weighted by Gasteiger charge is 2.17. The van der Waals surface area contributed by atoms with Gasteiger partial charge in [0, 0.05) is 4.47 Å². The smallest absolute Gasteiger partial charge is 0.184 e. The fourth-order valence-corrected chi connectivity index (χ4v) is 1.83. The number of benzene rings is 1. The molecule has 0 aromatic heterocycles. The van der Waals surface area contributed by atoms with Crippen LogP contribution in [-0.4, -0.2) is 11.9 Å². The Labute approximate surface area is 108 Å². The summed E-state index contributed by atoms with van der Waals surface area (Å²) in [5, 5.41) is 8.85. The Balaban J connectivity index is 3.22. The van der Waals surface area contributed by atoms with Crippen LogP contribution < -0.4 is 10.5 Å². The molecule has 17 heavy (non-hydrogen) atoms. The second kappa shape index (κ2) is 5.69. The summed E-state index contributed by atoms with van der Waals surface area (Å²) in [4.78, 5) is 11.5. The summed E-state index contributed by atoms with van der Waals surface area (Å²) < 4.78 is 6.17. The molecule has 4 nitrogen and oxygen atoms in total. The van der Waals surface area contributed by atoms with Crippen LogP contribution >= 0.6 is 15.9 Å². The Morgan fingerprint density at radius 2 is 2.29 bits per heavy atom. The molecule has 0 aliphatic rings. The summed E-state index contributed by atoms with van der Waals surface area (Å²) in [6, 6.07) is 5.29. The summed E-state index contributed by atoms with van der Waals surface area (Å²) in [6.45, 7) is 3.26. The Kier molecular flexibility index (Phi) is 4.53. The third kappa shape index (κ3) is 3.21. The van der Waals surface area contributed by atoms with Crippen LogP contribution in [0.2, 0.25) is 0 Å². The molecule has 0 radical (unpaired) electrons. The predicted molar refractivity (Wildman–Crippen MR) is 68.9 cm³/mol. The van der Waals surface area contributed by atoms with Crippen LogP contribution in [0.25, 0.3) is 0 Å². The van der Waals surface area contributed by atoms with Crippen molar-refractivity contribution in [1.29, 1.82) is 5.26 Å². The van der Waals surface area contributed by atoms with Gasteiger partial charge in [-0.2, -0.15) is 5.26 Å². The number of carbonyl (C=O) groups is 1. The maximum absolute atomic E-state index is 11.5. The average molecular weight is 297 g/mol. The molecule has 1 aromatic carbocycles. The van der Waals surface area contributed by atoms with Crippen molar-refractivity contribution < 1.29 is 9.53 Å². The molecule has 2 N–H and O–H groups in total. The van der Waals surface area contributed by atoms with Crippen molar-refractivity contribution in [1.82, 2.24) is 0 Å². The fourth-order valence-electron chi connectivity index (χ4n) is 1.35. The molecule has 0 saturated carbocycles.